The second kappa shape index (κ2) is 6.81. The second-order valence-corrected chi connectivity index (χ2v) is 6.23. The Morgan fingerprint density at radius 1 is 1.12 bits per heavy atom. The molecule has 0 aliphatic carbocycles. The van der Waals surface area contributed by atoms with Gasteiger partial charge in [-0.3, -0.25) is 4.99 Å². The van der Waals surface area contributed by atoms with Crippen LogP contribution in [0.1, 0.15) is 6.42 Å². The van der Waals surface area contributed by atoms with Gasteiger partial charge in [0.2, 0.25) is 0 Å². The van der Waals surface area contributed by atoms with E-state index < -0.39 is 0 Å². The molecule has 0 amide bonds. The van der Waals surface area contributed by atoms with E-state index in [0.29, 0.717) is 17.2 Å². The van der Waals surface area contributed by atoms with E-state index in [2.05, 4.69) is 35.6 Å². The van der Waals surface area contributed by atoms with Crippen LogP contribution >= 0.6 is 11.3 Å². The molecule has 0 aromatic carbocycles. The standard InChI is InChI=1S/C16H16N8S/c17-13-10(3-1-5-18-13)14-19-8-4-11(22-14)12-9-25-16(23-12)24-15-20-6-2-7-21-15/h1,3-5,8-9H,2,6-7H2,(H2,17,18)(H2,20,21,23,24). The van der Waals surface area contributed by atoms with Crippen LogP contribution in [-0.2, 0) is 0 Å². The molecule has 0 unspecified atom stereocenters. The number of hydrogen-bond acceptors (Lipinski definition) is 9. The zero-order valence-electron chi connectivity index (χ0n) is 13.3. The molecule has 0 radical (unpaired) electrons. The van der Waals surface area contributed by atoms with Gasteiger partial charge in [-0.2, -0.15) is 0 Å². The molecule has 8 nitrogen and oxygen atoms in total. The average molecular weight is 352 g/mol. The zero-order valence-corrected chi connectivity index (χ0v) is 14.1. The van der Waals surface area contributed by atoms with Crippen molar-refractivity contribution in [2.24, 2.45) is 4.99 Å². The van der Waals surface area contributed by atoms with Gasteiger partial charge in [0.15, 0.2) is 16.9 Å². The van der Waals surface area contributed by atoms with Gasteiger partial charge in [0, 0.05) is 30.9 Å². The Balaban J connectivity index is 1.59. The van der Waals surface area contributed by atoms with Crippen molar-refractivity contribution in [1.82, 2.24) is 25.3 Å². The molecule has 0 bridgehead atoms. The number of aromatic nitrogens is 4. The Kier molecular flexibility index (Phi) is 4.21. The maximum Gasteiger partial charge on any atom is 0.197 e. The number of aliphatic imine (C=N–C) groups is 1. The maximum atomic E-state index is 5.91. The van der Waals surface area contributed by atoms with Crippen molar-refractivity contribution in [3.8, 4) is 22.8 Å². The lowest BCUT2D eigenvalue weighted by Gasteiger charge is -2.14. The van der Waals surface area contributed by atoms with Crippen LogP contribution in [0, 0.1) is 0 Å². The highest BCUT2D eigenvalue weighted by Gasteiger charge is 2.12. The van der Waals surface area contributed by atoms with Gasteiger partial charge in [-0.1, -0.05) is 0 Å². The van der Waals surface area contributed by atoms with Gasteiger partial charge < -0.3 is 16.4 Å². The predicted octanol–water partition coefficient (Wildman–Crippen LogP) is 2.01. The molecule has 0 spiro atoms. The summed E-state index contributed by atoms with van der Waals surface area (Å²) in [6, 6.07) is 5.48. The summed E-state index contributed by atoms with van der Waals surface area (Å²) in [6.07, 6.45) is 4.39. The first kappa shape index (κ1) is 15.5. The maximum absolute atomic E-state index is 5.91. The van der Waals surface area contributed by atoms with Crippen molar-refractivity contribution in [2.45, 2.75) is 6.42 Å². The number of pyridine rings is 1. The molecule has 0 fully saturated rings. The molecular formula is C16H16N8S. The van der Waals surface area contributed by atoms with Crippen LogP contribution in [0.2, 0.25) is 0 Å². The molecule has 3 aromatic rings. The van der Waals surface area contributed by atoms with E-state index in [1.165, 1.54) is 11.3 Å². The molecule has 4 N–H and O–H groups in total. The van der Waals surface area contributed by atoms with Gasteiger partial charge in [-0.25, -0.2) is 19.9 Å². The number of anilines is 2. The Bertz CT molecular complexity index is 920. The van der Waals surface area contributed by atoms with Crippen molar-refractivity contribution in [2.75, 3.05) is 24.1 Å². The van der Waals surface area contributed by atoms with Crippen LogP contribution in [0.25, 0.3) is 22.8 Å². The van der Waals surface area contributed by atoms with Crippen LogP contribution < -0.4 is 16.4 Å². The molecule has 9 heteroatoms. The Morgan fingerprint density at radius 3 is 2.92 bits per heavy atom. The summed E-state index contributed by atoms with van der Waals surface area (Å²) >= 11 is 1.50. The third-order valence-electron chi connectivity index (χ3n) is 3.62. The van der Waals surface area contributed by atoms with Gasteiger partial charge >= 0.3 is 0 Å². The number of nitrogens with two attached hydrogens (primary N) is 1. The van der Waals surface area contributed by atoms with Crippen molar-refractivity contribution in [1.29, 1.82) is 0 Å². The SMILES string of the molecule is Nc1ncccc1-c1nccc(-c2csc(NC3=NCCCN3)n2)n1. The summed E-state index contributed by atoms with van der Waals surface area (Å²) < 4.78 is 0. The number of nitrogens with zero attached hydrogens (tertiary/aromatic N) is 5. The lowest BCUT2D eigenvalue weighted by atomic mass is 10.2. The monoisotopic (exact) mass is 352 g/mol. The fourth-order valence-corrected chi connectivity index (χ4v) is 3.11. The van der Waals surface area contributed by atoms with E-state index in [4.69, 9.17) is 5.73 Å². The Labute approximate surface area is 148 Å². The second-order valence-electron chi connectivity index (χ2n) is 5.38. The molecule has 3 aromatic heterocycles. The Morgan fingerprint density at radius 2 is 2.08 bits per heavy atom. The molecule has 0 saturated carbocycles. The van der Waals surface area contributed by atoms with Crippen LogP contribution in [0.15, 0.2) is 41.0 Å². The van der Waals surface area contributed by atoms with E-state index in [0.717, 1.165) is 42.0 Å². The molecule has 0 saturated heterocycles. The fourth-order valence-electron chi connectivity index (χ4n) is 2.40. The fraction of sp³-hybridized carbons (Fsp3) is 0.188. The molecule has 1 aliphatic rings. The third kappa shape index (κ3) is 3.41. The number of nitrogens with one attached hydrogen (secondary N) is 2. The number of guanidine groups is 1. The van der Waals surface area contributed by atoms with Gasteiger partial charge in [0.25, 0.3) is 0 Å². The first-order valence-corrected chi connectivity index (χ1v) is 8.73. The molecule has 4 heterocycles. The van der Waals surface area contributed by atoms with Crippen molar-refractivity contribution >= 4 is 28.2 Å². The highest BCUT2D eigenvalue weighted by Crippen LogP contribution is 2.26. The van der Waals surface area contributed by atoms with Gasteiger partial charge in [-0.05, 0) is 24.6 Å². The molecule has 126 valence electrons. The minimum absolute atomic E-state index is 0.404. The van der Waals surface area contributed by atoms with Crippen LogP contribution in [0.3, 0.4) is 0 Å². The summed E-state index contributed by atoms with van der Waals surface area (Å²) in [5.41, 5.74) is 8.13. The van der Waals surface area contributed by atoms with E-state index in [9.17, 15) is 0 Å². The van der Waals surface area contributed by atoms with Gasteiger partial charge in [0.1, 0.15) is 11.5 Å². The quantitative estimate of drug-likeness (QED) is 0.660. The summed E-state index contributed by atoms with van der Waals surface area (Å²) in [4.78, 5) is 21.9. The normalized spacial score (nSPS) is 13.8. The summed E-state index contributed by atoms with van der Waals surface area (Å²) in [6.45, 7) is 1.75. The molecule has 4 rings (SSSR count). The Hall–Kier alpha value is -3.07. The largest absolute Gasteiger partial charge is 0.383 e. The molecule has 1 aliphatic heterocycles. The first-order valence-electron chi connectivity index (χ1n) is 7.85. The minimum atomic E-state index is 0.404. The van der Waals surface area contributed by atoms with Gasteiger partial charge in [0.05, 0.1) is 11.3 Å². The van der Waals surface area contributed by atoms with Gasteiger partial charge in [-0.15, -0.1) is 11.3 Å². The van der Waals surface area contributed by atoms with Crippen molar-refractivity contribution in [3.63, 3.8) is 0 Å². The van der Waals surface area contributed by atoms with Crippen molar-refractivity contribution < 1.29 is 0 Å². The smallest absolute Gasteiger partial charge is 0.197 e. The number of hydrogen-bond donors (Lipinski definition) is 3. The third-order valence-corrected chi connectivity index (χ3v) is 4.38. The summed E-state index contributed by atoms with van der Waals surface area (Å²) in [5, 5.41) is 9.13. The average Bonchev–Trinajstić information content (AvgIpc) is 3.12. The first-order chi connectivity index (χ1) is 12.3. The van der Waals surface area contributed by atoms with E-state index in [1.807, 2.05) is 23.6 Å². The topological polar surface area (TPSA) is 114 Å². The number of thiazole rings is 1. The molecular weight excluding hydrogens is 336 g/mol. The summed E-state index contributed by atoms with van der Waals surface area (Å²) in [7, 11) is 0. The van der Waals surface area contributed by atoms with E-state index in [1.54, 1.807) is 12.4 Å². The van der Waals surface area contributed by atoms with Crippen LogP contribution in [0.5, 0.6) is 0 Å². The lowest BCUT2D eigenvalue weighted by molar-refractivity contribution is 0.740. The summed E-state index contributed by atoms with van der Waals surface area (Å²) in [5.74, 6) is 1.70. The number of rotatable bonds is 3. The number of nitrogen functional groups attached to an aromatic ring is 1. The zero-order chi connectivity index (χ0) is 17.1. The van der Waals surface area contributed by atoms with Crippen molar-refractivity contribution in [3.05, 3.63) is 36.0 Å². The lowest BCUT2D eigenvalue weighted by Crippen LogP contribution is -2.35. The van der Waals surface area contributed by atoms with E-state index in [-0.39, 0.29) is 0 Å². The van der Waals surface area contributed by atoms with Crippen LogP contribution in [-0.4, -0.2) is 39.0 Å². The van der Waals surface area contributed by atoms with E-state index >= 15 is 0 Å². The van der Waals surface area contributed by atoms with Crippen LogP contribution in [0.4, 0.5) is 10.9 Å². The highest BCUT2D eigenvalue weighted by atomic mass is 32.1. The molecule has 25 heavy (non-hydrogen) atoms. The molecule has 0 atom stereocenters. The predicted molar refractivity (Wildman–Crippen MR) is 99.3 cm³/mol. The minimum Gasteiger partial charge on any atom is -0.383 e. The highest BCUT2D eigenvalue weighted by molar-refractivity contribution is 7.14.